The molecule has 0 saturated heterocycles. The van der Waals surface area contributed by atoms with Gasteiger partial charge in [0.2, 0.25) is 5.82 Å². The van der Waals surface area contributed by atoms with Gasteiger partial charge in [-0.3, -0.25) is 0 Å². The van der Waals surface area contributed by atoms with Crippen molar-refractivity contribution in [2.75, 3.05) is 5.73 Å². The smallest absolute Gasteiger partial charge is 0.276 e. The van der Waals surface area contributed by atoms with Crippen LogP contribution in [0.1, 0.15) is 0 Å². The van der Waals surface area contributed by atoms with E-state index in [-0.39, 0.29) is 0 Å². The molecule has 0 aliphatic heterocycles. The van der Waals surface area contributed by atoms with Gasteiger partial charge < -0.3 is 10.3 Å². The summed E-state index contributed by atoms with van der Waals surface area (Å²) >= 11 is 0. The van der Waals surface area contributed by atoms with E-state index < -0.39 is 0 Å². The maximum absolute atomic E-state index is 5.54. The SMILES string of the molecule is Nc1ccc(-c2nc(-c3cn[nH]n3)no2)nc1. The normalized spacial score (nSPS) is 10.6. The predicted octanol–water partition coefficient (Wildman–Crippen LogP) is 0.499. The van der Waals surface area contributed by atoms with Crippen molar-refractivity contribution in [1.29, 1.82) is 0 Å². The Morgan fingerprint density at radius 3 is 2.82 bits per heavy atom. The standard InChI is InChI=1S/C9H7N7O/c10-5-1-2-6(11-3-5)9-13-8(15-17-9)7-4-12-16-14-7/h1-4H,10H2,(H,12,14,16). The predicted molar refractivity (Wildman–Crippen MR) is 57.3 cm³/mol. The number of nitrogen functional groups attached to an aromatic ring is 1. The van der Waals surface area contributed by atoms with Crippen LogP contribution in [0.4, 0.5) is 5.69 Å². The summed E-state index contributed by atoms with van der Waals surface area (Å²) in [6, 6.07) is 3.41. The Balaban J connectivity index is 1.98. The summed E-state index contributed by atoms with van der Waals surface area (Å²) in [5, 5.41) is 13.8. The number of nitrogens with one attached hydrogen (secondary N) is 1. The Bertz CT molecular complexity index is 613. The van der Waals surface area contributed by atoms with Crippen molar-refractivity contribution in [3.63, 3.8) is 0 Å². The first-order valence-electron chi connectivity index (χ1n) is 4.75. The number of hydrogen-bond acceptors (Lipinski definition) is 7. The molecule has 8 heteroatoms. The molecule has 0 bridgehead atoms. The van der Waals surface area contributed by atoms with Crippen LogP contribution in [0.3, 0.4) is 0 Å². The van der Waals surface area contributed by atoms with Crippen molar-refractivity contribution in [2.24, 2.45) is 0 Å². The molecule has 3 N–H and O–H groups in total. The van der Waals surface area contributed by atoms with Gasteiger partial charge >= 0.3 is 0 Å². The third kappa shape index (κ3) is 1.71. The van der Waals surface area contributed by atoms with Gasteiger partial charge in [0.05, 0.1) is 18.1 Å². The van der Waals surface area contributed by atoms with Gasteiger partial charge in [0.1, 0.15) is 5.69 Å². The van der Waals surface area contributed by atoms with Crippen molar-refractivity contribution >= 4 is 5.69 Å². The maximum Gasteiger partial charge on any atom is 0.276 e. The zero-order chi connectivity index (χ0) is 11.7. The van der Waals surface area contributed by atoms with Gasteiger partial charge in [-0.2, -0.15) is 20.4 Å². The Hall–Kier alpha value is -2.77. The number of aromatic nitrogens is 6. The van der Waals surface area contributed by atoms with Crippen molar-refractivity contribution in [3.05, 3.63) is 24.5 Å². The fourth-order valence-corrected chi connectivity index (χ4v) is 1.27. The second-order valence-electron chi connectivity index (χ2n) is 3.26. The number of pyridine rings is 1. The van der Waals surface area contributed by atoms with Gasteiger partial charge in [-0.25, -0.2) is 4.98 Å². The van der Waals surface area contributed by atoms with Gasteiger partial charge in [-0.15, -0.1) is 0 Å². The molecule has 84 valence electrons. The Morgan fingerprint density at radius 2 is 2.12 bits per heavy atom. The largest absolute Gasteiger partial charge is 0.397 e. The molecule has 8 nitrogen and oxygen atoms in total. The molecule has 0 aromatic carbocycles. The van der Waals surface area contributed by atoms with Crippen LogP contribution < -0.4 is 5.73 Å². The van der Waals surface area contributed by atoms with E-state index in [2.05, 4.69) is 30.5 Å². The van der Waals surface area contributed by atoms with Crippen LogP contribution in [-0.2, 0) is 0 Å². The molecule has 3 heterocycles. The van der Waals surface area contributed by atoms with Gasteiger partial charge in [0.15, 0.2) is 5.69 Å². The number of hydrogen-bond donors (Lipinski definition) is 2. The van der Waals surface area contributed by atoms with E-state index in [9.17, 15) is 0 Å². The molecule has 0 aliphatic rings. The van der Waals surface area contributed by atoms with Crippen LogP contribution in [0.25, 0.3) is 23.1 Å². The zero-order valence-corrected chi connectivity index (χ0v) is 8.53. The maximum atomic E-state index is 5.54. The van der Waals surface area contributed by atoms with Gasteiger partial charge in [0, 0.05) is 0 Å². The summed E-state index contributed by atoms with van der Waals surface area (Å²) in [6.07, 6.45) is 3.03. The minimum absolute atomic E-state index is 0.308. The van der Waals surface area contributed by atoms with E-state index in [4.69, 9.17) is 10.3 Å². The first kappa shape index (κ1) is 9.46. The third-order valence-corrected chi connectivity index (χ3v) is 2.08. The lowest BCUT2D eigenvalue weighted by molar-refractivity contribution is 0.431. The molecule has 3 rings (SSSR count). The Kier molecular flexibility index (Phi) is 2.04. The zero-order valence-electron chi connectivity index (χ0n) is 8.53. The average Bonchev–Trinajstić information content (AvgIpc) is 3.00. The van der Waals surface area contributed by atoms with Crippen molar-refractivity contribution in [2.45, 2.75) is 0 Å². The molecule has 3 aromatic heterocycles. The van der Waals surface area contributed by atoms with Crippen LogP contribution in [0.2, 0.25) is 0 Å². The van der Waals surface area contributed by atoms with Gasteiger partial charge in [-0.05, 0) is 12.1 Å². The summed E-state index contributed by atoms with van der Waals surface area (Å²) in [7, 11) is 0. The second kappa shape index (κ2) is 3.67. The fraction of sp³-hybridized carbons (Fsp3) is 0. The first-order chi connectivity index (χ1) is 8.33. The molecule has 0 saturated carbocycles. The van der Waals surface area contributed by atoms with E-state index in [0.29, 0.717) is 28.8 Å². The lowest BCUT2D eigenvalue weighted by Gasteiger charge is -1.93. The third-order valence-electron chi connectivity index (χ3n) is 2.08. The highest BCUT2D eigenvalue weighted by molar-refractivity contribution is 5.54. The molecule has 3 aromatic rings. The lowest BCUT2D eigenvalue weighted by atomic mass is 10.3. The summed E-state index contributed by atoms with van der Waals surface area (Å²) < 4.78 is 5.07. The molecule has 0 radical (unpaired) electrons. The van der Waals surface area contributed by atoms with E-state index >= 15 is 0 Å². The monoisotopic (exact) mass is 229 g/mol. The van der Waals surface area contributed by atoms with E-state index in [1.54, 1.807) is 12.1 Å². The number of nitrogens with zero attached hydrogens (tertiary/aromatic N) is 5. The van der Waals surface area contributed by atoms with Crippen LogP contribution >= 0.6 is 0 Å². The topological polar surface area (TPSA) is 119 Å². The van der Waals surface area contributed by atoms with Crippen molar-refractivity contribution in [1.82, 2.24) is 30.5 Å². The first-order valence-corrected chi connectivity index (χ1v) is 4.75. The highest BCUT2D eigenvalue weighted by Gasteiger charge is 2.12. The van der Waals surface area contributed by atoms with Crippen LogP contribution in [-0.4, -0.2) is 30.5 Å². The van der Waals surface area contributed by atoms with Gasteiger partial charge in [0.25, 0.3) is 5.89 Å². The second-order valence-corrected chi connectivity index (χ2v) is 3.26. The van der Waals surface area contributed by atoms with E-state index in [1.807, 2.05) is 0 Å². The highest BCUT2D eigenvalue weighted by Crippen LogP contribution is 2.18. The van der Waals surface area contributed by atoms with Gasteiger partial charge in [-0.1, -0.05) is 5.16 Å². The molecule has 0 atom stereocenters. The molecular weight excluding hydrogens is 222 g/mol. The number of nitrogens with two attached hydrogens (primary N) is 1. The number of rotatable bonds is 2. The number of aromatic amines is 1. The Morgan fingerprint density at radius 1 is 1.18 bits per heavy atom. The number of H-pyrrole nitrogens is 1. The molecular formula is C9H7N7O. The molecule has 0 aliphatic carbocycles. The summed E-state index contributed by atoms with van der Waals surface area (Å²) in [4.78, 5) is 8.23. The lowest BCUT2D eigenvalue weighted by Crippen LogP contribution is -1.88. The van der Waals surface area contributed by atoms with E-state index in [1.165, 1.54) is 12.4 Å². The highest BCUT2D eigenvalue weighted by atomic mass is 16.5. The molecule has 17 heavy (non-hydrogen) atoms. The van der Waals surface area contributed by atoms with Crippen LogP contribution in [0.15, 0.2) is 29.0 Å². The average molecular weight is 229 g/mol. The summed E-state index contributed by atoms with van der Waals surface area (Å²) in [5.74, 6) is 0.662. The van der Waals surface area contributed by atoms with Crippen LogP contribution in [0, 0.1) is 0 Å². The molecule has 0 spiro atoms. The van der Waals surface area contributed by atoms with Crippen molar-refractivity contribution in [3.8, 4) is 23.1 Å². The van der Waals surface area contributed by atoms with Crippen LogP contribution in [0.5, 0.6) is 0 Å². The minimum Gasteiger partial charge on any atom is -0.397 e. The number of anilines is 1. The molecule has 0 amide bonds. The Labute approximate surface area is 94.9 Å². The fourth-order valence-electron chi connectivity index (χ4n) is 1.27. The minimum atomic E-state index is 0.308. The summed E-state index contributed by atoms with van der Waals surface area (Å²) in [5.41, 5.74) is 7.18. The quantitative estimate of drug-likeness (QED) is 0.656. The molecule has 0 unspecified atom stereocenters. The van der Waals surface area contributed by atoms with Crippen molar-refractivity contribution < 1.29 is 4.52 Å². The molecule has 0 fully saturated rings. The van der Waals surface area contributed by atoms with E-state index in [0.717, 1.165) is 0 Å². The summed E-state index contributed by atoms with van der Waals surface area (Å²) in [6.45, 7) is 0.